The van der Waals surface area contributed by atoms with Gasteiger partial charge in [0.05, 0.1) is 12.5 Å². The molecule has 0 aliphatic carbocycles. The maximum Gasteiger partial charge on any atom is 0.490 e. The molecule has 0 atom stereocenters. The van der Waals surface area contributed by atoms with Crippen LogP contribution in [0.1, 0.15) is 12.8 Å². The molecule has 0 aromatic carbocycles. The molecule has 1 aromatic heterocycles. The van der Waals surface area contributed by atoms with E-state index in [0.29, 0.717) is 25.0 Å². The molecule has 1 aliphatic heterocycles. The first kappa shape index (κ1) is 23.8. The first-order chi connectivity index (χ1) is 13.0. The van der Waals surface area contributed by atoms with Crippen LogP contribution >= 0.6 is 0 Å². The minimum atomic E-state index is -5.08. The van der Waals surface area contributed by atoms with Crippen LogP contribution in [0, 0.1) is 0 Å². The number of carboxylic acids is 1. The summed E-state index contributed by atoms with van der Waals surface area (Å²) in [5.74, 6) is -2.53. The summed E-state index contributed by atoms with van der Waals surface area (Å²) in [7, 11) is -3.47. The van der Waals surface area contributed by atoms with Crippen LogP contribution in [-0.4, -0.2) is 61.2 Å². The monoisotopic (exact) mass is 429 g/mol. The van der Waals surface area contributed by atoms with E-state index in [1.165, 1.54) is 22.6 Å². The molecule has 1 fully saturated rings. The Balaban J connectivity index is 0.000000480. The van der Waals surface area contributed by atoms with E-state index >= 15 is 0 Å². The fourth-order valence-electron chi connectivity index (χ4n) is 1.98. The number of aliphatic carboxylic acids is 1. The van der Waals surface area contributed by atoms with E-state index in [-0.39, 0.29) is 23.9 Å². The second-order valence-corrected chi connectivity index (χ2v) is 7.44. The third-order valence-electron chi connectivity index (χ3n) is 3.48. The SMILES string of the molecule is NC/C(=C\F)COc1ccc(S(=O)(=O)N2CCCC2)cn1.O=C(O)C(F)(F)F. The highest BCUT2D eigenvalue weighted by Crippen LogP contribution is 2.21. The molecule has 13 heteroatoms. The summed E-state index contributed by atoms with van der Waals surface area (Å²) in [5.41, 5.74) is 5.60. The number of nitrogens with two attached hydrogens (primary N) is 1. The Bertz CT molecular complexity index is 776. The lowest BCUT2D eigenvalue weighted by atomic mass is 10.3. The smallest absolute Gasteiger partial charge is 0.475 e. The van der Waals surface area contributed by atoms with Crippen LogP contribution in [0.5, 0.6) is 5.88 Å². The van der Waals surface area contributed by atoms with Crippen LogP contribution in [0.3, 0.4) is 0 Å². The van der Waals surface area contributed by atoms with E-state index in [1.54, 1.807) is 0 Å². The number of hydrogen-bond donors (Lipinski definition) is 2. The van der Waals surface area contributed by atoms with Gasteiger partial charge < -0.3 is 15.6 Å². The average Bonchev–Trinajstić information content (AvgIpc) is 3.18. The number of rotatable bonds is 6. The van der Waals surface area contributed by atoms with Gasteiger partial charge in [0, 0.05) is 31.3 Å². The summed E-state index contributed by atoms with van der Waals surface area (Å²) in [6.07, 6.45) is -1.67. The number of nitrogens with zero attached hydrogens (tertiary/aromatic N) is 2. The second-order valence-electron chi connectivity index (χ2n) is 5.51. The van der Waals surface area contributed by atoms with Gasteiger partial charge in [0.2, 0.25) is 15.9 Å². The van der Waals surface area contributed by atoms with Gasteiger partial charge in [-0.25, -0.2) is 22.6 Å². The Morgan fingerprint density at radius 1 is 1.32 bits per heavy atom. The largest absolute Gasteiger partial charge is 0.490 e. The molecule has 1 aromatic rings. The van der Waals surface area contributed by atoms with E-state index < -0.39 is 22.2 Å². The van der Waals surface area contributed by atoms with Gasteiger partial charge in [0.25, 0.3) is 0 Å². The maximum atomic E-state index is 12.3. The molecule has 2 heterocycles. The number of sulfonamides is 1. The number of carbonyl (C=O) groups is 1. The summed E-state index contributed by atoms with van der Waals surface area (Å²) in [5, 5.41) is 7.12. The third-order valence-corrected chi connectivity index (χ3v) is 5.36. The van der Waals surface area contributed by atoms with Crippen molar-refractivity contribution in [3.05, 3.63) is 30.2 Å². The molecular weight excluding hydrogens is 410 g/mol. The van der Waals surface area contributed by atoms with Crippen molar-refractivity contribution in [2.24, 2.45) is 5.73 Å². The number of hydrogen-bond acceptors (Lipinski definition) is 6. The standard InChI is InChI=1S/C13H18FN3O3S.C2HF3O2/c14-7-11(8-15)10-20-13-4-3-12(9-16-13)21(18,19)17-5-1-2-6-17;3-2(4,5)1(6)7/h3-4,7,9H,1-2,5-6,8,10,15H2;(H,6,7)/b11-7+;. The molecule has 158 valence electrons. The van der Waals surface area contributed by atoms with Crippen molar-refractivity contribution >= 4 is 16.0 Å². The molecule has 28 heavy (non-hydrogen) atoms. The zero-order valence-electron chi connectivity index (χ0n) is 14.5. The molecule has 2 rings (SSSR count). The van der Waals surface area contributed by atoms with E-state index in [4.69, 9.17) is 20.4 Å². The van der Waals surface area contributed by atoms with Crippen molar-refractivity contribution in [2.75, 3.05) is 26.2 Å². The molecule has 3 N–H and O–H groups in total. The molecule has 0 amide bonds. The number of pyridine rings is 1. The predicted octanol–water partition coefficient (Wildman–Crippen LogP) is 1.69. The first-order valence-electron chi connectivity index (χ1n) is 7.89. The zero-order valence-corrected chi connectivity index (χ0v) is 15.3. The highest BCUT2D eigenvalue weighted by Gasteiger charge is 2.38. The van der Waals surface area contributed by atoms with Crippen molar-refractivity contribution in [3.8, 4) is 5.88 Å². The number of ether oxygens (including phenoxy) is 1. The number of aromatic nitrogens is 1. The molecule has 0 saturated carbocycles. The highest BCUT2D eigenvalue weighted by atomic mass is 32.2. The van der Waals surface area contributed by atoms with Crippen LogP contribution in [-0.2, 0) is 14.8 Å². The van der Waals surface area contributed by atoms with Crippen molar-refractivity contribution in [3.63, 3.8) is 0 Å². The minimum Gasteiger partial charge on any atom is -0.475 e. The number of halogens is 4. The van der Waals surface area contributed by atoms with Gasteiger partial charge >= 0.3 is 12.1 Å². The lowest BCUT2D eigenvalue weighted by Gasteiger charge is -2.15. The lowest BCUT2D eigenvalue weighted by molar-refractivity contribution is -0.192. The van der Waals surface area contributed by atoms with Gasteiger partial charge in [-0.15, -0.1) is 0 Å². The van der Waals surface area contributed by atoms with Crippen molar-refractivity contribution in [1.29, 1.82) is 0 Å². The fraction of sp³-hybridized carbons (Fsp3) is 0.467. The molecule has 8 nitrogen and oxygen atoms in total. The Labute approximate surface area is 158 Å². The maximum absolute atomic E-state index is 12.3. The van der Waals surface area contributed by atoms with Crippen molar-refractivity contribution < 1.29 is 40.6 Å². The van der Waals surface area contributed by atoms with Crippen LogP contribution in [0.25, 0.3) is 0 Å². The first-order valence-corrected chi connectivity index (χ1v) is 9.33. The predicted molar refractivity (Wildman–Crippen MR) is 89.7 cm³/mol. The molecule has 0 spiro atoms. The highest BCUT2D eigenvalue weighted by molar-refractivity contribution is 7.89. The van der Waals surface area contributed by atoms with Gasteiger partial charge in [0.1, 0.15) is 11.5 Å². The third kappa shape index (κ3) is 7.05. The van der Waals surface area contributed by atoms with Crippen molar-refractivity contribution in [1.82, 2.24) is 9.29 Å². The molecule has 1 aliphatic rings. The van der Waals surface area contributed by atoms with Gasteiger partial charge in [-0.2, -0.15) is 17.5 Å². The summed E-state index contributed by atoms with van der Waals surface area (Å²) in [4.78, 5) is 13.0. The van der Waals surface area contributed by atoms with Gasteiger partial charge in [-0.3, -0.25) is 0 Å². The van der Waals surface area contributed by atoms with E-state index in [2.05, 4.69) is 4.98 Å². The van der Waals surface area contributed by atoms with Crippen molar-refractivity contribution in [2.45, 2.75) is 23.9 Å². The van der Waals surface area contributed by atoms with Gasteiger partial charge in [0.15, 0.2) is 0 Å². The molecule has 1 saturated heterocycles. The lowest BCUT2D eigenvalue weighted by Crippen LogP contribution is -2.27. The Kier molecular flexibility index (Phi) is 8.78. The van der Waals surface area contributed by atoms with E-state index in [9.17, 15) is 26.0 Å². The van der Waals surface area contributed by atoms with Gasteiger partial charge in [-0.1, -0.05) is 0 Å². The summed E-state index contributed by atoms with van der Waals surface area (Å²) in [6.45, 7) is 1.12. The number of alkyl halides is 3. The molecule has 0 radical (unpaired) electrons. The number of carboxylic acid groups (broad SMARTS) is 1. The summed E-state index contributed by atoms with van der Waals surface area (Å²) < 4.78 is 75.3. The van der Waals surface area contributed by atoms with E-state index in [1.807, 2.05) is 0 Å². The Morgan fingerprint density at radius 2 is 1.89 bits per heavy atom. The second kappa shape index (κ2) is 10.3. The topological polar surface area (TPSA) is 123 Å². The summed E-state index contributed by atoms with van der Waals surface area (Å²) >= 11 is 0. The van der Waals surface area contributed by atoms with Crippen LogP contribution in [0.4, 0.5) is 17.6 Å². The zero-order chi connectivity index (χ0) is 21.4. The van der Waals surface area contributed by atoms with Crippen LogP contribution < -0.4 is 10.5 Å². The van der Waals surface area contributed by atoms with Crippen LogP contribution in [0.15, 0.2) is 35.1 Å². The Morgan fingerprint density at radius 3 is 2.29 bits per heavy atom. The molecular formula is C15H19F4N3O5S. The minimum absolute atomic E-state index is 0.0157. The quantitative estimate of drug-likeness (QED) is 0.660. The van der Waals surface area contributed by atoms with Crippen LogP contribution in [0.2, 0.25) is 0 Å². The van der Waals surface area contributed by atoms with E-state index in [0.717, 1.165) is 12.8 Å². The summed E-state index contributed by atoms with van der Waals surface area (Å²) in [6, 6.07) is 2.90. The average molecular weight is 429 g/mol. The normalized spacial score (nSPS) is 15.7. The Hall–Kier alpha value is -2.25. The molecule has 0 unspecified atom stereocenters. The van der Waals surface area contributed by atoms with Gasteiger partial charge in [-0.05, 0) is 18.9 Å². The fourth-order valence-corrected chi connectivity index (χ4v) is 3.45. The molecule has 0 bridgehead atoms.